The van der Waals surface area contributed by atoms with E-state index in [-0.39, 0.29) is 37.2 Å². The second-order valence-corrected chi connectivity index (χ2v) is 5.91. The van der Waals surface area contributed by atoms with Crippen LogP contribution < -0.4 is 5.32 Å². The molecule has 5 nitrogen and oxygen atoms in total. The van der Waals surface area contributed by atoms with E-state index in [0.717, 1.165) is 4.90 Å². The van der Waals surface area contributed by atoms with Gasteiger partial charge in [0.25, 0.3) is 5.91 Å². The number of nitrogens with one attached hydrogen (secondary N) is 1. The summed E-state index contributed by atoms with van der Waals surface area (Å²) < 4.78 is 4.82. The van der Waals surface area contributed by atoms with Gasteiger partial charge >= 0.3 is 5.97 Å². The number of hydrogen-bond donors (Lipinski definition) is 1. The minimum atomic E-state index is -0.548. The van der Waals surface area contributed by atoms with Gasteiger partial charge < -0.3 is 10.1 Å². The Balaban J connectivity index is 2.33. The zero-order valence-corrected chi connectivity index (χ0v) is 13.9. The lowest BCUT2D eigenvalue weighted by molar-refractivity contribution is -0.148. The monoisotopic (exact) mass is 323 g/mol. The number of hydrogen-bond acceptors (Lipinski definition) is 5. The van der Waals surface area contributed by atoms with Crippen LogP contribution in [-0.4, -0.2) is 36.6 Å². The first-order chi connectivity index (χ1) is 10.4. The van der Waals surface area contributed by atoms with Crippen molar-refractivity contribution in [3.63, 3.8) is 0 Å². The number of ether oxygens (including phenoxy) is 1. The third-order valence-electron chi connectivity index (χ3n) is 2.78. The predicted octanol–water partition coefficient (Wildman–Crippen LogP) is 2.44. The Labute approximate surface area is 134 Å². The van der Waals surface area contributed by atoms with Gasteiger partial charge in [0.1, 0.15) is 0 Å². The second-order valence-electron chi connectivity index (χ2n) is 5.03. The van der Waals surface area contributed by atoms with Crippen molar-refractivity contribution in [1.82, 2.24) is 5.32 Å². The fourth-order valence-corrected chi connectivity index (χ4v) is 2.13. The number of rotatable bonds is 8. The van der Waals surface area contributed by atoms with Crippen molar-refractivity contribution in [1.29, 1.82) is 0 Å². The van der Waals surface area contributed by atoms with Crippen molar-refractivity contribution in [3.05, 3.63) is 29.8 Å². The lowest BCUT2D eigenvalue weighted by atomic mass is 10.1. The maximum absolute atomic E-state index is 11.9. The smallest absolute Gasteiger partial charge is 0.306 e. The Kier molecular flexibility index (Phi) is 7.66. The van der Waals surface area contributed by atoms with Crippen LogP contribution >= 0.6 is 11.8 Å². The van der Waals surface area contributed by atoms with E-state index in [1.54, 1.807) is 23.9 Å². The molecule has 0 saturated heterocycles. The van der Waals surface area contributed by atoms with Crippen LogP contribution in [0.3, 0.4) is 0 Å². The first-order valence-corrected chi connectivity index (χ1v) is 8.27. The molecule has 0 spiro atoms. The van der Waals surface area contributed by atoms with Crippen LogP contribution in [0.4, 0.5) is 0 Å². The highest BCUT2D eigenvalue weighted by atomic mass is 32.2. The quantitative estimate of drug-likeness (QED) is 0.452. The van der Waals surface area contributed by atoms with E-state index < -0.39 is 5.97 Å². The van der Waals surface area contributed by atoms with Gasteiger partial charge in [0.05, 0.1) is 6.42 Å². The van der Waals surface area contributed by atoms with E-state index in [1.807, 2.05) is 32.2 Å². The molecule has 0 radical (unpaired) electrons. The maximum Gasteiger partial charge on any atom is 0.306 e. The molecule has 0 aromatic heterocycles. The summed E-state index contributed by atoms with van der Waals surface area (Å²) in [6.45, 7) is 3.33. The summed E-state index contributed by atoms with van der Waals surface area (Å²) >= 11 is 1.60. The summed E-state index contributed by atoms with van der Waals surface area (Å²) in [4.78, 5) is 35.8. The molecule has 1 aromatic rings. The van der Waals surface area contributed by atoms with Gasteiger partial charge in [-0.3, -0.25) is 14.4 Å². The molecule has 0 aliphatic heterocycles. The van der Waals surface area contributed by atoms with Gasteiger partial charge in [-0.05, 0) is 32.2 Å². The molecule has 0 heterocycles. The average molecular weight is 323 g/mol. The summed E-state index contributed by atoms with van der Waals surface area (Å²) in [6.07, 6.45) is 2.00. The molecule has 22 heavy (non-hydrogen) atoms. The normalized spacial score (nSPS) is 10.4. The van der Waals surface area contributed by atoms with E-state index in [2.05, 4.69) is 5.32 Å². The highest BCUT2D eigenvalue weighted by molar-refractivity contribution is 7.98. The Hall–Kier alpha value is -1.82. The Bertz CT molecular complexity index is 525. The molecule has 0 fully saturated rings. The topological polar surface area (TPSA) is 72.5 Å². The molecular formula is C16H21NO4S. The summed E-state index contributed by atoms with van der Waals surface area (Å²) in [7, 11) is 0. The molecule has 0 atom stereocenters. The van der Waals surface area contributed by atoms with E-state index >= 15 is 0 Å². The molecular weight excluding hydrogens is 302 g/mol. The van der Waals surface area contributed by atoms with Gasteiger partial charge in [0, 0.05) is 22.9 Å². The minimum Gasteiger partial charge on any atom is -0.456 e. The fourth-order valence-electron chi connectivity index (χ4n) is 1.72. The van der Waals surface area contributed by atoms with Crippen LogP contribution in [0.1, 0.15) is 37.0 Å². The summed E-state index contributed by atoms with van der Waals surface area (Å²) in [6, 6.07) is 7.22. The maximum atomic E-state index is 11.9. The predicted molar refractivity (Wildman–Crippen MR) is 86.0 cm³/mol. The Morgan fingerprint density at radius 3 is 2.32 bits per heavy atom. The van der Waals surface area contributed by atoms with E-state index in [9.17, 15) is 14.4 Å². The van der Waals surface area contributed by atoms with E-state index in [0.29, 0.717) is 5.56 Å². The summed E-state index contributed by atoms with van der Waals surface area (Å²) in [5.41, 5.74) is 0.572. The third-order valence-corrected chi connectivity index (χ3v) is 3.53. The molecule has 0 saturated carbocycles. The average Bonchev–Trinajstić information content (AvgIpc) is 2.50. The lowest BCUT2D eigenvalue weighted by Gasteiger charge is -2.08. The SMILES string of the molecule is CSc1ccc(C(=O)CCC(=O)OCC(=O)NC(C)C)cc1. The number of carbonyl (C=O) groups excluding carboxylic acids is 3. The van der Waals surface area contributed by atoms with Crippen molar-refractivity contribution in [2.24, 2.45) is 0 Å². The van der Waals surface area contributed by atoms with Crippen LogP contribution in [0.25, 0.3) is 0 Å². The lowest BCUT2D eigenvalue weighted by Crippen LogP contribution is -2.34. The van der Waals surface area contributed by atoms with Crippen molar-refractivity contribution >= 4 is 29.4 Å². The number of thioether (sulfide) groups is 1. The Morgan fingerprint density at radius 1 is 1.14 bits per heavy atom. The zero-order chi connectivity index (χ0) is 16.5. The van der Waals surface area contributed by atoms with Crippen molar-refractivity contribution in [2.45, 2.75) is 37.6 Å². The number of carbonyl (C=O) groups is 3. The highest BCUT2D eigenvalue weighted by Gasteiger charge is 2.12. The first kappa shape index (κ1) is 18.2. The number of benzene rings is 1. The molecule has 0 unspecified atom stereocenters. The third kappa shape index (κ3) is 6.76. The molecule has 6 heteroatoms. The summed E-state index contributed by atoms with van der Waals surface area (Å²) in [5, 5.41) is 2.61. The van der Waals surface area contributed by atoms with Gasteiger partial charge in [0.2, 0.25) is 0 Å². The van der Waals surface area contributed by atoms with Gasteiger partial charge in [-0.1, -0.05) is 12.1 Å². The highest BCUT2D eigenvalue weighted by Crippen LogP contribution is 2.16. The zero-order valence-electron chi connectivity index (χ0n) is 13.0. The van der Waals surface area contributed by atoms with Gasteiger partial charge in [-0.25, -0.2) is 0 Å². The number of Topliss-reactive ketones (excluding diaryl/α,β-unsaturated/α-hetero) is 1. The van der Waals surface area contributed by atoms with Gasteiger partial charge in [-0.15, -0.1) is 11.8 Å². The minimum absolute atomic E-state index is 0.00274. The molecule has 0 aliphatic rings. The van der Waals surface area contributed by atoms with Crippen LogP contribution in [0.2, 0.25) is 0 Å². The number of ketones is 1. The fraction of sp³-hybridized carbons (Fsp3) is 0.438. The Morgan fingerprint density at radius 2 is 1.77 bits per heavy atom. The first-order valence-electron chi connectivity index (χ1n) is 7.04. The molecule has 0 aliphatic carbocycles. The van der Waals surface area contributed by atoms with Crippen molar-refractivity contribution < 1.29 is 19.1 Å². The van der Waals surface area contributed by atoms with E-state index in [4.69, 9.17) is 4.74 Å². The van der Waals surface area contributed by atoms with Gasteiger partial charge in [-0.2, -0.15) is 0 Å². The molecule has 0 bridgehead atoms. The number of esters is 1. The van der Waals surface area contributed by atoms with Crippen LogP contribution in [-0.2, 0) is 14.3 Å². The molecule has 1 rings (SSSR count). The van der Waals surface area contributed by atoms with E-state index in [1.165, 1.54) is 0 Å². The van der Waals surface area contributed by atoms with Gasteiger partial charge in [0.15, 0.2) is 12.4 Å². The van der Waals surface area contributed by atoms with Crippen LogP contribution in [0.5, 0.6) is 0 Å². The molecule has 1 aromatic carbocycles. The number of amides is 1. The standard InChI is InChI=1S/C16H21NO4S/c1-11(2)17-15(19)10-21-16(20)9-8-14(18)12-4-6-13(22-3)7-5-12/h4-7,11H,8-10H2,1-3H3,(H,17,19). The largest absolute Gasteiger partial charge is 0.456 e. The van der Waals surface area contributed by atoms with Crippen LogP contribution in [0, 0.1) is 0 Å². The molecule has 1 amide bonds. The molecule has 1 N–H and O–H groups in total. The second kappa shape index (κ2) is 9.25. The van der Waals surface area contributed by atoms with Crippen molar-refractivity contribution in [3.8, 4) is 0 Å². The molecule has 120 valence electrons. The van der Waals surface area contributed by atoms with Crippen LogP contribution in [0.15, 0.2) is 29.2 Å². The summed E-state index contributed by atoms with van der Waals surface area (Å²) in [5.74, 6) is -1.01. The van der Waals surface area contributed by atoms with Crippen molar-refractivity contribution in [2.75, 3.05) is 12.9 Å².